The van der Waals surface area contributed by atoms with Gasteiger partial charge in [0.2, 0.25) is 0 Å². The molecule has 3 nitrogen and oxygen atoms in total. The molecule has 0 aliphatic rings. The monoisotopic (exact) mass is 228 g/mol. The van der Waals surface area contributed by atoms with E-state index >= 15 is 0 Å². The molecule has 0 unspecified atom stereocenters. The van der Waals surface area contributed by atoms with Gasteiger partial charge in [-0.25, -0.2) is 0 Å². The lowest BCUT2D eigenvalue weighted by Gasteiger charge is -2.11. The first-order valence-corrected chi connectivity index (χ1v) is 5.51. The fraction of sp³-hybridized carbons (Fsp3) is 0.214. The normalized spacial score (nSPS) is 10.5. The van der Waals surface area contributed by atoms with Crippen LogP contribution in [0.25, 0.3) is 10.9 Å². The van der Waals surface area contributed by atoms with Crippen molar-refractivity contribution < 1.29 is 4.74 Å². The van der Waals surface area contributed by atoms with Crippen LogP contribution in [-0.4, -0.2) is 12.1 Å². The summed E-state index contributed by atoms with van der Waals surface area (Å²) in [5.41, 5.74) is 9.85. The minimum Gasteiger partial charge on any atom is -0.497 e. The molecule has 0 fully saturated rings. The first kappa shape index (κ1) is 11.5. The zero-order valence-electron chi connectivity index (χ0n) is 10.2. The fourth-order valence-electron chi connectivity index (χ4n) is 1.96. The number of rotatable bonds is 3. The van der Waals surface area contributed by atoms with Crippen LogP contribution >= 0.6 is 0 Å². The molecule has 2 aromatic rings. The van der Waals surface area contributed by atoms with Gasteiger partial charge in [0.05, 0.1) is 12.6 Å². The number of aryl methyl sites for hydroxylation is 1. The molecule has 0 aliphatic carbocycles. The minimum atomic E-state index is 0.734. The number of nitrogens with zero attached hydrogens (tertiary/aromatic N) is 1. The molecule has 17 heavy (non-hydrogen) atoms. The van der Waals surface area contributed by atoms with Gasteiger partial charge in [-0.3, -0.25) is 4.98 Å². The molecule has 1 aromatic heterocycles. The van der Waals surface area contributed by atoms with Crippen molar-refractivity contribution in [3.05, 3.63) is 42.1 Å². The smallest absolute Gasteiger partial charge is 0.119 e. The van der Waals surface area contributed by atoms with Crippen molar-refractivity contribution in [2.45, 2.75) is 13.3 Å². The van der Waals surface area contributed by atoms with E-state index < -0.39 is 0 Å². The number of aromatic nitrogens is 1. The Morgan fingerprint density at radius 2 is 2.24 bits per heavy atom. The predicted octanol–water partition coefficient (Wildman–Crippen LogP) is 2.86. The van der Waals surface area contributed by atoms with Gasteiger partial charge in [-0.05, 0) is 31.5 Å². The van der Waals surface area contributed by atoms with E-state index in [1.807, 2.05) is 31.2 Å². The number of nitrogen functional groups attached to an aromatic ring is 1. The first-order chi connectivity index (χ1) is 8.17. The van der Waals surface area contributed by atoms with Crippen LogP contribution in [0, 0.1) is 6.92 Å². The second-order valence-electron chi connectivity index (χ2n) is 3.97. The highest BCUT2D eigenvalue weighted by Crippen LogP contribution is 2.29. The van der Waals surface area contributed by atoms with Gasteiger partial charge in [0, 0.05) is 22.3 Å². The van der Waals surface area contributed by atoms with Crippen LogP contribution in [0.5, 0.6) is 5.75 Å². The number of methoxy groups -OCH3 is 1. The maximum absolute atomic E-state index is 6.19. The molecule has 0 atom stereocenters. The number of nitrogens with two attached hydrogens (primary N) is 1. The van der Waals surface area contributed by atoms with Gasteiger partial charge < -0.3 is 10.5 Å². The molecule has 0 bridgehead atoms. The molecule has 2 rings (SSSR count). The summed E-state index contributed by atoms with van der Waals surface area (Å²) in [6.45, 7) is 5.72. The molecule has 3 heteroatoms. The standard InChI is InChI=1S/C14H16N2O/c1-4-5-11-9(2)16-13-7-6-10(17-3)8-12(13)14(11)15/h4,6-8H,1,5H2,2-3H3,(H2,15,16). The summed E-state index contributed by atoms with van der Waals surface area (Å²) in [6, 6.07) is 5.74. The van der Waals surface area contributed by atoms with Crippen molar-refractivity contribution >= 4 is 16.6 Å². The maximum atomic E-state index is 6.19. The van der Waals surface area contributed by atoms with Gasteiger partial charge in [0.1, 0.15) is 5.75 Å². The summed E-state index contributed by atoms with van der Waals surface area (Å²) in [4.78, 5) is 4.55. The van der Waals surface area contributed by atoms with Gasteiger partial charge in [0.25, 0.3) is 0 Å². The lowest BCUT2D eigenvalue weighted by Crippen LogP contribution is -2.01. The third-order valence-corrected chi connectivity index (χ3v) is 2.89. The number of hydrogen-bond acceptors (Lipinski definition) is 3. The number of hydrogen-bond donors (Lipinski definition) is 1. The number of benzene rings is 1. The SMILES string of the molecule is C=CCc1c(C)nc2ccc(OC)cc2c1N. The van der Waals surface area contributed by atoms with E-state index in [4.69, 9.17) is 10.5 Å². The Balaban J connectivity index is 2.73. The molecule has 0 amide bonds. The minimum absolute atomic E-state index is 0.734. The molecule has 2 N–H and O–H groups in total. The number of pyridine rings is 1. The van der Waals surface area contributed by atoms with Crippen LogP contribution in [0.2, 0.25) is 0 Å². The molecule has 0 saturated heterocycles. The number of anilines is 1. The van der Waals surface area contributed by atoms with Gasteiger partial charge >= 0.3 is 0 Å². The van der Waals surface area contributed by atoms with Gasteiger partial charge in [-0.2, -0.15) is 0 Å². The molecule has 0 radical (unpaired) electrons. The maximum Gasteiger partial charge on any atom is 0.119 e. The van der Waals surface area contributed by atoms with E-state index in [0.717, 1.165) is 40.0 Å². The third-order valence-electron chi connectivity index (χ3n) is 2.89. The second-order valence-corrected chi connectivity index (χ2v) is 3.97. The Morgan fingerprint density at radius 1 is 1.47 bits per heavy atom. The lowest BCUT2D eigenvalue weighted by atomic mass is 10.0. The van der Waals surface area contributed by atoms with Crippen molar-refractivity contribution in [2.24, 2.45) is 0 Å². The zero-order chi connectivity index (χ0) is 12.4. The van der Waals surface area contributed by atoms with E-state index in [9.17, 15) is 0 Å². The van der Waals surface area contributed by atoms with E-state index in [0.29, 0.717) is 0 Å². The fourth-order valence-corrected chi connectivity index (χ4v) is 1.96. The molecule has 0 spiro atoms. The van der Waals surface area contributed by atoms with Crippen molar-refractivity contribution in [1.82, 2.24) is 4.98 Å². The molecule has 1 aromatic carbocycles. The van der Waals surface area contributed by atoms with Gasteiger partial charge in [0.15, 0.2) is 0 Å². The largest absolute Gasteiger partial charge is 0.497 e. The number of fused-ring (bicyclic) bond motifs is 1. The van der Waals surface area contributed by atoms with Crippen molar-refractivity contribution in [1.29, 1.82) is 0 Å². The van der Waals surface area contributed by atoms with Crippen LogP contribution in [0.15, 0.2) is 30.9 Å². The topological polar surface area (TPSA) is 48.1 Å². The molecule has 0 saturated carbocycles. The Kier molecular flexibility index (Phi) is 3.00. The highest BCUT2D eigenvalue weighted by Gasteiger charge is 2.09. The zero-order valence-corrected chi connectivity index (χ0v) is 10.2. The van der Waals surface area contributed by atoms with E-state index in [-0.39, 0.29) is 0 Å². The Labute approximate surface area is 101 Å². The van der Waals surface area contributed by atoms with Crippen LogP contribution in [0.1, 0.15) is 11.3 Å². The molecule has 1 heterocycles. The molecular formula is C14H16N2O. The van der Waals surface area contributed by atoms with E-state index in [1.165, 1.54) is 0 Å². The lowest BCUT2D eigenvalue weighted by molar-refractivity contribution is 0.415. The van der Waals surface area contributed by atoms with Crippen molar-refractivity contribution in [3.63, 3.8) is 0 Å². The molecule has 88 valence electrons. The van der Waals surface area contributed by atoms with Gasteiger partial charge in [-0.1, -0.05) is 6.08 Å². The van der Waals surface area contributed by atoms with Crippen LogP contribution in [0.4, 0.5) is 5.69 Å². The third kappa shape index (κ3) is 1.96. The van der Waals surface area contributed by atoms with Crippen LogP contribution in [0.3, 0.4) is 0 Å². The quantitative estimate of drug-likeness (QED) is 0.822. The average Bonchev–Trinajstić information content (AvgIpc) is 2.34. The predicted molar refractivity (Wildman–Crippen MR) is 71.3 cm³/mol. The van der Waals surface area contributed by atoms with Gasteiger partial charge in [-0.15, -0.1) is 6.58 Å². The Morgan fingerprint density at radius 3 is 2.88 bits per heavy atom. The van der Waals surface area contributed by atoms with Crippen molar-refractivity contribution in [3.8, 4) is 5.75 Å². The number of allylic oxidation sites excluding steroid dienone is 1. The molecule has 0 aliphatic heterocycles. The first-order valence-electron chi connectivity index (χ1n) is 5.51. The summed E-state index contributed by atoms with van der Waals surface area (Å²) in [6.07, 6.45) is 2.57. The van der Waals surface area contributed by atoms with Crippen molar-refractivity contribution in [2.75, 3.05) is 12.8 Å². The second kappa shape index (κ2) is 4.45. The Bertz CT molecular complexity index is 576. The van der Waals surface area contributed by atoms with Crippen LogP contribution < -0.4 is 10.5 Å². The summed E-state index contributed by atoms with van der Waals surface area (Å²) < 4.78 is 5.20. The Hall–Kier alpha value is -2.03. The van der Waals surface area contributed by atoms with E-state index in [1.54, 1.807) is 7.11 Å². The average molecular weight is 228 g/mol. The van der Waals surface area contributed by atoms with Crippen LogP contribution in [-0.2, 0) is 6.42 Å². The summed E-state index contributed by atoms with van der Waals surface area (Å²) in [5, 5.41) is 0.937. The summed E-state index contributed by atoms with van der Waals surface area (Å²) in [5.74, 6) is 0.791. The van der Waals surface area contributed by atoms with E-state index in [2.05, 4.69) is 11.6 Å². The summed E-state index contributed by atoms with van der Waals surface area (Å²) >= 11 is 0. The highest BCUT2D eigenvalue weighted by molar-refractivity contribution is 5.93. The highest BCUT2D eigenvalue weighted by atomic mass is 16.5. The summed E-state index contributed by atoms with van der Waals surface area (Å²) in [7, 11) is 1.64. The number of ether oxygens (including phenoxy) is 1. The molecular weight excluding hydrogens is 212 g/mol.